The van der Waals surface area contributed by atoms with E-state index in [0.717, 1.165) is 22.5 Å². The van der Waals surface area contributed by atoms with Gasteiger partial charge in [-0.15, -0.1) is 0 Å². The van der Waals surface area contributed by atoms with Crippen LogP contribution in [-0.2, 0) is 0 Å². The molecule has 0 saturated heterocycles. The summed E-state index contributed by atoms with van der Waals surface area (Å²) in [6, 6.07) is 18.0. The molecule has 2 aromatic carbocycles. The van der Waals surface area contributed by atoms with Gasteiger partial charge in [0.2, 0.25) is 0 Å². The van der Waals surface area contributed by atoms with E-state index in [1.807, 2.05) is 68.7 Å². The predicted molar refractivity (Wildman–Crippen MR) is 86.7 cm³/mol. The Bertz CT molecular complexity index is 733. The lowest BCUT2D eigenvalue weighted by molar-refractivity contribution is 0.574. The zero-order chi connectivity index (χ0) is 14.8. The molecule has 4 heteroatoms. The summed E-state index contributed by atoms with van der Waals surface area (Å²) in [6.45, 7) is 0. The Morgan fingerprint density at radius 3 is 2.19 bits per heavy atom. The van der Waals surface area contributed by atoms with Gasteiger partial charge >= 0.3 is 0 Å². The third-order valence-electron chi connectivity index (χ3n) is 3.29. The van der Waals surface area contributed by atoms with Crippen molar-refractivity contribution >= 4 is 17.3 Å². The van der Waals surface area contributed by atoms with Crippen molar-refractivity contribution in [2.45, 2.75) is 0 Å². The molecule has 0 spiro atoms. The molecule has 0 N–H and O–H groups in total. The quantitative estimate of drug-likeness (QED) is 0.700. The van der Waals surface area contributed by atoms with E-state index in [-0.39, 0.29) is 5.35 Å². The van der Waals surface area contributed by atoms with Gasteiger partial charge in [-0.05, 0) is 23.7 Å². The summed E-state index contributed by atoms with van der Waals surface area (Å²) in [5.41, 5.74) is 3.84. The maximum atomic E-state index is 5.96. The molecule has 106 valence electrons. The molecule has 0 bridgehead atoms. The number of halogens is 1. The zero-order valence-electron chi connectivity index (χ0n) is 11.9. The molecule has 1 heterocycles. The minimum Gasteiger partial charge on any atom is -0.427 e. The van der Waals surface area contributed by atoms with Gasteiger partial charge in [-0.3, -0.25) is 0 Å². The molecule has 0 fully saturated rings. The van der Waals surface area contributed by atoms with Crippen LogP contribution < -0.4 is 4.90 Å². The number of nitrogens with zero attached hydrogens (tertiary/aromatic N) is 2. The summed E-state index contributed by atoms with van der Waals surface area (Å²) in [7, 11) is 4.02. The molecule has 0 aliphatic carbocycles. The second-order valence-corrected chi connectivity index (χ2v) is 5.28. The lowest BCUT2D eigenvalue weighted by Gasteiger charge is -2.12. The third-order valence-corrected chi connectivity index (χ3v) is 3.46. The second kappa shape index (κ2) is 5.62. The highest BCUT2D eigenvalue weighted by atomic mass is 35.5. The van der Waals surface area contributed by atoms with Crippen LogP contribution in [0.2, 0.25) is 5.35 Å². The van der Waals surface area contributed by atoms with E-state index in [1.54, 1.807) is 0 Å². The van der Waals surface area contributed by atoms with Gasteiger partial charge in [-0.2, -0.15) is 4.98 Å². The maximum Gasteiger partial charge on any atom is 0.293 e. The Kier molecular flexibility index (Phi) is 3.67. The molecule has 0 amide bonds. The summed E-state index contributed by atoms with van der Waals surface area (Å²) >= 11 is 5.96. The molecule has 3 rings (SSSR count). The van der Waals surface area contributed by atoms with Crippen molar-refractivity contribution in [3.8, 4) is 22.6 Å². The molecule has 3 nitrogen and oxygen atoms in total. The van der Waals surface area contributed by atoms with E-state index in [2.05, 4.69) is 9.88 Å². The van der Waals surface area contributed by atoms with Crippen LogP contribution in [0.15, 0.2) is 59.0 Å². The topological polar surface area (TPSA) is 29.3 Å². The lowest BCUT2D eigenvalue weighted by Crippen LogP contribution is -2.07. The fourth-order valence-corrected chi connectivity index (χ4v) is 2.35. The monoisotopic (exact) mass is 298 g/mol. The number of aromatic nitrogens is 1. The summed E-state index contributed by atoms with van der Waals surface area (Å²) in [4.78, 5) is 6.37. The molecular weight excluding hydrogens is 284 g/mol. The van der Waals surface area contributed by atoms with Gasteiger partial charge in [-0.25, -0.2) is 0 Å². The number of oxazole rings is 1. The largest absolute Gasteiger partial charge is 0.427 e. The van der Waals surface area contributed by atoms with E-state index in [0.29, 0.717) is 5.76 Å². The Labute approximate surface area is 128 Å². The van der Waals surface area contributed by atoms with Crippen LogP contribution in [0, 0.1) is 0 Å². The molecule has 0 unspecified atom stereocenters. The highest BCUT2D eigenvalue weighted by molar-refractivity contribution is 6.28. The van der Waals surface area contributed by atoms with Gasteiger partial charge in [0, 0.05) is 30.9 Å². The average molecular weight is 299 g/mol. The second-order valence-electron chi connectivity index (χ2n) is 4.95. The van der Waals surface area contributed by atoms with Gasteiger partial charge in [0.25, 0.3) is 5.35 Å². The van der Waals surface area contributed by atoms with Gasteiger partial charge in [0.05, 0.1) is 0 Å². The standard InChI is InChI=1S/C17H15ClN2O/c1-20(2)14-10-8-12(9-11-14)15-16(21-17(18)19-15)13-6-4-3-5-7-13/h3-11H,1-2H3. The Morgan fingerprint density at radius 2 is 1.57 bits per heavy atom. The lowest BCUT2D eigenvalue weighted by atomic mass is 10.1. The maximum absolute atomic E-state index is 5.96. The van der Waals surface area contributed by atoms with Crippen LogP contribution in [-0.4, -0.2) is 19.1 Å². The normalized spacial score (nSPS) is 10.6. The molecule has 0 aliphatic rings. The smallest absolute Gasteiger partial charge is 0.293 e. The molecule has 3 aromatic rings. The number of hydrogen-bond acceptors (Lipinski definition) is 3. The predicted octanol–water partition coefficient (Wildman–Crippen LogP) is 4.73. The molecule has 21 heavy (non-hydrogen) atoms. The summed E-state index contributed by atoms with van der Waals surface area (Å²) in [6.07, 6.45) is 0. The molecule has 1 aromatic heterocycles. The van der Waals surface area contributed by atoms with Crippen LogP contribution in [0.1, 0.15) is 0 Å². The Morgan fingerprint density at radius 1 is 0.905 bits per heavy atom. The minimum atomic E-state index is 0.153. The molecule has 0 radical (unpaired) electrons. The van der Waals surface area contributed by atoms with Gasteiger partial charge in [0.15, 0.2) is 5.76 Å². The first kappa shape index (κ1) is 13.7. The van der Waals surface area contributed by atoms with Crippen molar-refractivity contribution in [2.24, 2.45) is 0 Å². The summed E-state index contributed by atoms with van der Waals surface area (Å²) in [5.74, 6) is 0.693. The highest BCUT2D eigenvalue weighted by Crippen LogP contribution is 2.34. The highest BCUT2D eigenvalue weighted by Gasteiger charge is 2.15. The van der Waals surface area contributed by atoms with Crippen LogP contribution in [0.4, 0.5) is 5.69 Å². The van der Waals surface area contributed by atoms with E-state index in [9.17, 15) is 0 Å². The van der Waals surface area contributed by atoms with Crippen LogP contribution in [0.3, 0.4) is 0 Å². The van der Waals surface area contributed by atoms with Gasteiger partial charge in [0.1, 0.15) is 5.69 Å². The van der Waals surface area contributed by atoms with Crippen molar-refractivity contribution in [2.75, 3.05) is 19.0 Å². The summed E-state index contributed by atoms with van der Waals surface area (Å²) < 4.78 is 5.58. The van der Waals surface area contributed by atoms with Crippen LogP contribution in [0.5, 0.6) is 0 Å². The van der Waals surface area contributed by atoms with Crippen molar-refractivity contribution in [1.82, 2.24) is 4.98 Å². The van der Waals surface area contributed by atoms with Crippen molar-refractivity contribution in [1.29, 1.82) is 0 Å². The minimum absolute atomic E-state index is 0.153. The zero-order valence-corrected chi connectivity index (χ0v) is 12.6. The fourth-order valence-electron chi connectivity index (χ4n) is 2.19. The van der Waals surface area contributed by atoms with Crippen LogP contribution in [0.25, 0.3) is 22.6 Å². The Hall–Kier alpha value is -2.26. The molecule has 0 aliphatic heterocycles. The van der Waals surface area contributed by atoms with Gasteiger partial charge in [-0.1, -0.05) is 42.5 Å². The summed E-state index contributed by atoms with van der Waals surface area (Å²) in [5, 5.41) is 0.153. The van der Waals surface area contributed by atoms with E-state index in [4.69, 9.17) is 16.0 Å². The molecule has 0 atom stereocenters. The van der Waals surface area contributed by atoms with Crippen molar-refractivity contribution in [3.05, 3.63) is 59.9 Å². The van der Waals surface area contributed by atoms with Crippen molar-refractivity contribution in [3.63, 3.8) is 0 Å². The van der Waals surface area contributed by atoms with Gasteiger partial charge < -0.3 is 9.32 Å². The average Bonchev–Trinajstić information content (AvgIpc) is 2.90. The fraction of sp³-hybridized carbons (Fsp3) is 0.118. The first-order valence-corrected chi connectivity index (χ1v) is 7.02. The number of benzene rings is 2. The SMILES string of the molecule is CN(C)c1ccc(-c2nc(Cl)oc2-c2ccccc2)cc1. The van der Waals surface area contributed by atoms with E-state index < -0.39 is 0 Å². The van der Waals surface area contributed by atoms with E-state index in [1.165, 1.54) is 0 Å². The third kappa shape index (κ3) is 2.78. The number of anilines is 1. The number of hydrogen-bond donors (Lipinski definition) is 0. The molecule has 0 saturated carbocycles. The van der Waals surface area contributed by atoms with E-state index >= 15 is 0 Å². The first-order valence-electron chi connectivity index (χ1n) is 6.64. The van der Waals surface area contributed by atoms with Crippen LogP contribution >= 0.6 is 11.6 Å². The molecular formula is C17H15ClN2O. The number of rotatable bonds is 3. The first-order chi connectivity index (χ1) is 10.1. The van der Waals surface area contributed by atoms with Crippen molar-refractivity contribution < 1.29 is 4.42 Å². The Balaban J connectivity index is 2.07.